The molecule has 3 aromatic rings. The van der Waals surface area contributed by atoms with Gasteiger partial charge in [0.05, 0.1) is 11.5 Å². The van der Waals surface area contributed by atoms with E-state index in [4.69, 9.17) is 26.8 Å². The molecule has 0 aromatic heterocycles. The minimum absolute atomic E-state index is 0.0112. The van der Waals surface area contributed by atoms with E-state index in [0.717, 1.165) is 16.7 Å². The SMILES string of the molecule is Cc1cccc(C(=O)Oc2ccc3c(c2)OC(N)=C(C#N)C3c2cccc(Cl)c2)c1. The summed E-state index contributed by atoms with van der Waals surface area (Å²) in [5, 5.41) is 10.2. The molecule has 0 spiro atoms. The lowest BCUT2D eigenvalue weighted by atomic mass is 9.83. The van der Waals surface area contributed by atoms with E-state index < -0.39 is 11.9 Å². The van der Waals surface area contributed by atoms with Gasteiger partial charge in [-0.15, -0.1) is 0 Å². The van der Waals surface area contributed by atoms with Crippen molar-refractivity contribution in [3.05, 3.63) is 105 Å². The molecule has 0 amide bonds. The van der Waals surface area contributed by atoms with Crippen molar-refractivity contribution in [1.29, 1.82) is 5.26 Å². The molecule has 0 bridgehead atoms. The first-order valence-corrected chi connectivity index (χ1v) is 9.60. The van der Waals surface area contributed by atoms with Crippen molar-refractivity contribution in [3.8, 4) is 17.6 Å². The number of aryl methyl sites for hydroxylation is 1. The van der Waals surface area contributed by atoms with Gasteiger partial charge in [-0.1, -0.05) is 47.5 Å². The molecule has 1 aliphatic heterocycles. The maximum absolute atomic E-state index is 12.5. The molecule has 30 heavy (non-hydrogen) atoms. The van der Waals surface area contributed by atoms with Gasteiger partial charge in [0, 0.05) is 16.7 Å². The van der Waals surface area contributed by atoms with Gasteiger partial charge < -0.3 is 15.2 Å². The molecule has 4 rings (SSSR count). The number of allylic oxidation sites excluding steroid dienone is 1. The number of nitrogens with zero attached hydrogens (tertiary/aromatic N) is 1. The first kappa shape index (κ1) is 19.6. The van der Waals surface area contributed by atoms with Gasteiger partial charge in [-0.05, 0) is 42.8 Å². The van der Waals surface area contributed by atoms with Crippen LogP contribution in [0, 0.1) is 18.3 Å². The van der Waals surface area contributed by atoms with Gasteiger partial charge in [0.1, 0.15) is 23.1 Å². The topological polar surface area (TPSA) is 85.3 Å². The summed E-state index contributed by atoms with van der Waals surface area (Å²) in [4.78, 5) is 12.5. The predicted octanol–water partition coefficient (Wildman–Crippen LogP) is 5.09. The van der Waals surface area contributed by atoms with Crippen molar-refractivity contribution in [3.63, 3.8) is 0 Å². The lowest BCUT2D eigenvalue weighted by Crippen LogP contribution is -2.21. The molecule has 6 heteroatoms. The Hall–Kier alpha value is -3.75. The van der Waals surface area contributed by atoms with E-state index in [1.54, 1.807) is 48.5 Å². The van der Waals surface area contributed by atoms with Crippen LogP contribution in [-0.2, 0) is 0 Å². The van der Waals surface area contributed by atoms with Gasteiger partial charge in [0.25, 0.3) is 0 Å². The highest BCUT2D eigenvalue weighted by Crippen LogP contribution is 2.43. The summed E-state index contributed by atoms with van der Waals surface area (Å²) in [7, 11) is 0. The number of rotatable bonds is 3. The quantitative estimate of drug-likeness (QED) is 0.475. The minimum Gasteiger partial charge on any atom is -0.440 e. The Balaban J connectivity index is 1.70. The Bertz CT molecular complexity index is 1230. The molecule has 1 unspecified atom stereocenters. The molecule has 0 saturated carbocycles. The molecule has 0 radical (unpaired) electrons. The summed E-state index contributed by atoms with van der Waals surface area (Å²) >= 11 is 6.15. The number of benzene rings is 3. The molecule has 0 saturated heterocycles. The van der Waals surface area contributed by atoms with Crippen LogP contribution >= 0.6 is 11.6 Å². The summed E-state index contributed by atoms with van der Waals surface area (Å²) < 4.78 is 11.2. The van der Waals surface area contributed by atoms with E-state index in [9.17, 15) is 10.1 Å². The average Bonchev–Trinajstić information content (AvgIpc) is 2.72. The lowest BCUT2D eigenvalue weighted by Gasteiger charge is -2.26. The molecular formula is C24H17ClN2O3. The van der Waals surface area contributed by atoms with Crippen LogP contribution in [0.3, 0.4) is 0 Å². The molecule has 2 N–H and O–H groups in total. The van der Waals surface area contributed by atoms with Gasteiger partial charge in [-0.25, -0.2) is 4.79 Å². The third kappa shape index (κ3) is 3.73. The summed E-state index contributed by atoms with van der Waals surface area (Å²) in [5.41, 5.74) is 9.29. The molecular weight excluding hydrogens is 400 g/mol. The van der Waals surface area contributed by atoms with Gasteiger partial charge in [0.15, 0.2) is 0 Å². The van der Waals surface area contributed by atoms with Gasteiger partial charge in [-0.3, -0.25) is 0 Å². The minimum atomic E-state index is -0.470. The summed E-state index contributed by atoms with van der Waals surface area (Å²) in [6.07, 6.45) is 0. The highest BCUT2D eigenvalue weighted by Gasteiger charge is 2.31. The van der Waals surface area contributed by atoms with Crippen LogP contribution < -0.4 is 15.2 Å². The van der Waals surface area contributed by atoms with Crippen LogP contribution in [0.15, 0.2) is 78.2 Å². The zero-order chi connectivity index (χ0) is 21.3. The fraction of sp³-hybridized carbons (Fsp3) is 0.0833. The standard InChI is InChI=1S/C24H17ClN2O3/c1-14-4-2-6-16(10-14)24(28)29-18-8-9-19-21(12-18)30-23(27)20(13-26)22(19)15-5-3-7-17(25)11-15/h2-12,22H,27H2,1H3. The van der Waals surface area contributed by atoms with E-state index in [1.165, 1.54) is 0 Å². The molecule has 1 atom stereocenters. The normalized spacial score (nSPS) is 15.0. The first-order chi connectivity index (χ1) is 14.5. The fourth-order valence-corrected chi connectivity index (χ4v) is 3.67. The number of esters is 1. The van der Waals surface area contributed by atoms with Crippen LogP contribution in [0.25, 0.3) is 0 Å². The second kappa shape index (κ2) is 7.94. The van der Waals surface area contributed by atoms with Crippen molar-refractivity contribution in [1.82, 2.24) is 0 Å². The summed E-state index contributed by atoms with van der Waals surface area (Å²) in [6.45, 7) is 1.90. The number of carbonyl (C=O) groups is 1. The molecule has 3 aromatic carbocycles. The fourth-order valence-electron chi connectivity index (χ4n) is 3.47. The Morgan fingerprint density at radius 2 is 1.93 bits per heavy atom. The van der Waals surface area contributed by atoms with Crippen LogP contribution in [0.5, 0.6) is 11.5 Å². The number of nitriles is 1. The van der Waals surface area contributed by atoms with Crippen molar-refractivity contribution >= 4 is 17.6 Å². The second-order valence-electron chi connectivity index (χ2n) is 6.94. The Morgan fingerprint density at radius 3 is 2.67 bits per heavy atom. The van der Waals surface area contributed by atoms with E-state index in [2.05, 4.69) is 6.07 Å². The van der Waals surface area contributed by atoms with Crippen LogP contribution in [-0.4, -0.2) is 5.97 Å². The van der Waals surface area contributed by atoms with Crippen molar-refractivity contribution in [2.75, 3.05) is 0 Å². The highest BCUT2D eigenvalue weighted by atomic mass is 35.5. The molecule has 5 nitrogen and oxygen atoms in total. The third-order valence-corrected chi connectivity index (χ3v) is 5.07. The van der Waals surface area contributed by atoms with Crippen molar-refractivity contribution < 1.29 is 14.3 Å². The van der Waals surface area contributed by atoms with Gasteiger partial charge >= 0.3 is 5.97 Å². The molecule has 1 heterocycles. The smallest absolute Gasteiger partial charge is 0.343 e. The second-order valence-corrected chi connectivity index (χ2v) is 7.37. The van der Waals surface area contributed by atoms with Crippen molar-refractivity contribution in [2.24, 2.45) is 5.73 Å². The molecule has 1 aliphatic rings. The Kier molecular flexibility index (Phi) is 5.18. The number of nitrogens with two attached hydrogens (primary N) is 1. The highest BCUT2D eigenvalue weighted by molar-refractivity contribution is 6.30. The Morgan fingerprint density at radius 1 is 1.13 bits per heavy atom. The zero-order valence-electron chi connectivity index (χ0n) is 16.1. The van der Waals surface area contributed by atoms with Crippen LogP contribution in [0.4, 0.5) is 0 Å². The van der Waals surface area contributed by atoms with E-state index in [0.29, 0.717) is 27.7 Å². The number of hydrogen-bond acceptors (Lipinski definition) is 5. The first-order valence-electron chi connectivity index (χ1n) is 9.22. The number of fused-ring (bicyclic) bond motifs is 1. The van der Waals surface area contributed by atoms with E-state index >= 15 is 0 Å². The van der Waals surface area contributed by atoms with E-state index in [-0.39, 0.29) is 5.88 Å². The number of hydrogen-bond donors (Lipinski definition) is 1. The number of ether oxygens (including phenoxy) is 2. The van der Waals surface area contributed by atoms with Crippen molar-refractivity contribution in [2.45, 2.75) is 12.8 Å². The van der Waals surface area contributed by atoms with Gasteiger partial charge in [0.2, 0.25) is 5.88 Å². The van der Waals surface area contributed by atoms with Gasteiger partial charge in [-0.2, -0.15) is 5.26 Å². The van der Waals surface area contributed by atoms with E-state index in [1.807, 2.05) is 25.1 Å². The third-order valence-electron chi connectivity index (χ3n) is 4.84. The molecule has 0 aliphatic carbocycles. The molecule has 0 fully saturated rings. The monoisotopic (exact) mass is 416 g/mol. The summed E-state index contributed by atoms with van der Waals surface area (Å²) in [6, 6.07) is 21.6. The zero-order valence-corrected chi connectivity index (χ0v) is 16.8. The maximum Gasteiger partial charge on any atom is 0.343 e. The molecule has 148 valence electrons. The maximum atomic E-state index is 12.5. The lowest BCUT2D eigenvalue weighted by molar-refractivity contribution is 0.0734. The number of halogens is 1. The average molecular weight is 417 g/mol. The predicted molar refractivity (Wildman–Crippen MR) is 113 cm³/mol. The largest absolute Gasteiger partial charge is 0.440 e. The van der Waals surface area contributed by atoms with Crippen LogP contribution in [0.2, 0.25) is 5.02 Å². The van der Waals surface area contributed by atoms with Crippen LogP contribution in [0.1, 0.15) is 33.0 Å². The summed E-state index contributed by atoms with van der Waals surface area (Å²) in [5.74, 6) is -0.150. The Labute approximate surface area is 178 Å². The number of carbonyl (C=O) groups excluding carboxylic acids is 1.